The van der Waals surface area contributed by atoms with Gasteiger partial charge in [-0.15, -0.1) is 13.2 Å². The molecule has 0 saturated carbocycles. The monoisotopic (exact) mass is 292 g/mol. The zero-order valence-corrected chi connectivity index (χ0v) is 13.1. The molecule has 2 nitrogen and oxygen atoms in total. The molecule has 2 rings (SSSR count). The lowest BCUT2D eigenvalue weighted by Gasteiger charge is -2.29. The number of benzene rings is 2. The van der Waals surface area contributed by atoms with Crippen molar-refractivity contribution < 1.29 is 0 Å². The molecular formula is C20H24N2. The first-order valence-corrected chi connectivity index (χ1v) is 7.67. The summed E-state index contributed by atoms with van der Waals surface area (Å²) in [5.41, 5.74) is 2.46. The summed E-state index contributed by atoms with van der Waals surface area (Å²) in [4.78, 5) is 4.68. The summed E-state index contributed by atoms with van der Waals surface area (Å²) >= 11 is 0. The lowest BCUT2D eigenvalue weighted by atomic mass is 10.2. The van der Waals surface area contributed by atoms with Crippen molar-refractivity contribution in [1.29, 1.82) is 0 Å². The summed E-state index contributed by atoms with van der Waals surface area (Å²) in [6, 6.07) is 21.0. The van der Waals surface area contributed by atoms with E-state index in [1.54, 1.807) is 0 Å². The van der Waals surface area contributed by atoms with Gasteiger partial charge in [0.05, 0.1) is 0 Å². The minimum Gasteiger partial charge on any atom is -0.366 e. The Morgan fingerprint density at radius 1 is 0.636 bits per heavy atom. The Balaban J connectivity index is 2.06. The Morgan fingerprint density at radius 2 is 1.00 bits per heavy atom. The van der Waals surface area contributed by atoms with Crippen LogP contribution in [-0.4, -0.2) is 26.2 Å². The number of hydrogen-bond acceptors (Lipinski definition) is 2. The van der Waals surface area contributed by atoms with Crippen LogP contribution in [-0.2, 0) is 0 Å². The molecule has 0 bridgehead atoms. The third kappa shape index (κ3) is 4.52. The van der Waals surface area contributed by atoms with Gasteiger partial charge in [0.1, 0.15) is 0 Å². The normalized spacial score (nSPS) is 10.0. The number of anilines is 2. The van der Waals surface area contributed by atoms with E-state index in [2.05, 4.69) is 71.5 Å². The zero-order chi connectivity index (χ0) is 15.6. The number of para-hydroxylation sites is 2. The predicted molar refractivity (Wildman–Crippen MR) is 97.7 cm³/mol. The van der Waals surface area contributed by atoms with E-state index in [1.807, 2.05) is 24.3 Å². The van der Waals surface area contributed by atoms with Gasteiger partial charge in [-0.2, -0.15) is 0 Å². The van der Waals surface area contributed by atoms with Crippen molar-refractivity contribution in [2.45, 2.75) is 0 Å². The molecule has 2 aromatic carbocycles. The van der Waals surface area contributed by atoms with E-state index in [1.165, 1.54) is 11.4 Å². The van der Waals surface area contributed by atoms with Crippen LogP contribution in [0, 0.1) is 0 Å². The Bertz CT molecular complexity index is 509. The molecule has 0 amide bonds. The first kappa shape index (κ1) is 15.9. The Kier molecular flexibility index (Phi) is 6.31. The Hall–Kier alpha value is -2.48. The van der Waals surface area contributed by atoms with Crippen LogP contribution < -0.4 is 9.80 Å². The summed E-state index contributed by atoms with van der Waals surface area (Å²) in [6.07, 6.45) is 3.90. The van der Waals surface area contributed by atoms with Crippen LogP contribution >= 0.6 is 0 Å². The van der Waals surface area contributed by atoms with Crippen molar-refractivity contribution in [3.05, 3.63) is 86.0 Å². The van der Waals surface area contributed by atoms with Crippen LogP contribution in [0.4, 0.5) is 11.4 Å². The average molecular weight is 292 g/mol. The van der Waals surface area contributed by atoms with E-state index in [0.717, 1.165) is 26.2 Å². The molecule has 0 spiro atoms. The van der Waals surface area contributed by atoms with Gasteiger partial charge in [0.2, 0.25) is 0 Å². The van der Waals surface area contributed by atoms with Crippen molar-refractivity contribution in [3.8, 4) is 0 Å². The fourth-order valence-corrected chi connectivity index (χ4v) is 2.48. The van der Waals surface area contributed by atoms with E-state index in [-0.39, 0.29) is 0 Å². The molecule has 0 radical (unpaired) electrons. The number of rotatable bonds is 9. The van der Waals surface area contributed by atoms with Crippen molar-refractivity contribution in [2.24, 2.45) is 0 Å². The molecule has 2 aromatic rings. The molecule has 0 fully saturated rings. The van der Waals surface area contributed by atoms with Crippen molar-refractivity contribution in [1.82, 2.24) is 0 Å². The highest BCUT2D eigenvalue weighted by molar-refractivity contribution is 5.49. The van der Waals surface area contributed by atoms with E-state index in [0.29, 0.717) is 0 Å². The molecule has 0 aliphatic carbocycles. The topological polar surface area (TPSA) is 6.48 Å². The second-order valence-corrected chi connectivity index (χ2v) is 5.14. The molecular weight excluding hydrogens is 268 g/mol. The smallest absolute Gasteiger partial charge is 0.0369 e. The molecule has 0 aliphatic heterocycles. The second kappa shape index (κ2) is 8.73. The van der Waals surface area contributed by atoms with Crippen molar-refractivity contribution in [3.63, 3.8) is 0 Å². The lowest BCUT2D eigenvalue weighted by Crippen LogP contribution is -2.35. The summed E-state index contributed by atoms with van der Waals surface area (Å²) in [6.45, 7) is 11.3. The van der Waals surface area contributed by atoms with E-state index in [9.17, 15) is 0 Å². The highest BCUT2D eigenvalue weighted by Gasteiger charge is 2.08. The van der Waals surface area contributed by atoms with Gasteiger partial charge in [-0.25, -0.2) is 0 Å². The highest BCUT2D eigenvalue weighted by Crippen LogP contribution is 2.16. The van der Waals surface area contributed by atoms with E-state index < -0.39 is 0 Å². The van der Waals surface area contributed by atoms with Crippen LogP contribution in [0.2, 0.25) is 0 Å². The molecule has 114 valence electrons. The second-order valence-electron chi connectivity index (χ2n) is 5.14. The summed E-state index contributed by atoms with van der Waals surface area (Å²) < 4.78 is 0. The largest absolute Gasteiger partial charge is 0.366 e. The summed E-state index contributed by atoms with van der Waals surface area (Å²) in [5.74, 6) is 0. The highest BCUT2D eigenvalue weighted by atomic mass is 15.2. The fourth-order valence-electron chi connectivity index (χ4n) is 2.48. The number of nitrogens with zero attached hydrogens (tertiary/aromatic N) is 2. The van der Waals surface area contributed by atoms with Crippen LogP contribution in [0.1, 0.15) is 0 Å². The molecule has 0 saturated heterocycles. The van der Waals surface area contributed by atoms with Crippen LogP contribution in [0.5, 0.6) is 0 Å². The Morgan fingerprint density at radius 3 is 1.32 bits per heavy atom. The molecule has 0 heterocycles. The predicted octanol–water partition coefficient (Wildman–Crippen LogP) is 4.37. The fraction of sp³-hybridized carbons (Fsp3) is 0.200. The third-order valence-corrected chi connectivity index (χ3v) is 3.58. The molecule has 0 aromatic heterocycles. The van der Waals surface area contributed by atoms with Gasteiger partial charge in [0.15, 0.2) is 0 Å². The molecule has 2 heteroatoms. The van der Waals surface area contributed by atoms with Crippen LogP contribution in [0.25, 0.3) is 0 Å². The van der Waals surface area contributed by atoms with Crippen molar-refractivity contribution >= 4 is 11.4 Å². The van der Waals surface area contributed by atoms with Crippen molar-refractivity contribution in [2.75, 3.05) is 36.0 Å². The van der Waals surface area contributed by atoms with Gasteiger partial charge < -0.3 is 9.80 Å². The SMILES string of the molecule is C=CCN(CCN(CC=C)c1ccccc1)c1ccccc1. The average Bonchev–Trinajstić information content (AvgIpc) is 2.59. The lowest BCUT2D eigenvalue weighted by molar-refractivity contribution is 0.784. The Labute approximate surface area is 134 Å². The maximum Gasteiger partial charge on any atom is 0.0369 e. The molecule has 0 unspecified atom stereocenters. The van der Waals surface area contributed by atoms with Gasteiger partial charge in [0, 0.05) is 37.6 Å². The first-order chi connectivity index (χ1) is 10.8. The minimum absolute atomic E-state index is 0.848. The quantitative estimate of drug-likeness (QED) is 0.633. The van der Waals surface area contributed by atoms with Gasteiger partial charge >= 0.3 is 0 Å². The first-order valence-electron chi connectivity index (χ1n) is 7.67. The van der Waals surface area contributed by atoms with Crippen LogP contribution in [0.15, 0.2) is 86.0 Å². The third-order valence-electron chi connectivity index (χ3n) is 3.58. The molecule has 0 N–H and O–H groups in total. The molecule has 0 atom stereocenters. The molecule has 22 heavy (non-hydrogen) atoms. The van der Waals surface area contributed by atoms with Crippen LogP contribution in [0.3, 0.4) is 0 Å². The van der Waals surface area contributed by atoms with Gasteiger partial charge in [-0.05, 0) is 24.3 Å². The number of hydrogen-bond donors (Lipinski definition) is 0. The van der Waals surface area contributed by atoms with Gasteiger partial charge in [-0.1, -0.05) is 48.6 Å². The summed E-state index contributed by atoms with van der Waals surface area (Å²) in [5, 5.41) is 0. The van der Waals surface area contributed by atoms with Gasteiger partial charge in [0.25, 0.3) is 0 Å². The standard InChI is InChI=1S/C20H24N2/c1-3-15-21(19-11-7-5-8-12-19)17-18-22(16-4-2)20-13-9-6-10-14-20/h3-14H,1-2,15-18H2. The van der Waals surface area contributed by atoms with E-state index in [4.69, 9.17) is 0 Å². The molecule has 0 aliphatic rings. The summed E-state index contributed by atoms with van der Waals surface area (Å²) in [7, 11) is 0. The minimum atomic E-state index is 0.848. The van der Waals surface area contributed by atoms with Gasteiger partial charge in [-0.3, -0.25) is 0 Å². The zero-order valence-electron chi connectivity index (χ0n) is 13.1. The maximum absolute atomic E-state index is 3.88. The van der Waals surface area contributed by atoms with E-state index >= 15 is 0 Å². The maximum atomic E-state index is 3.88.